The number of benzene rings is 2. The fourth-order valence-corrected chi connectivity index (χ4v) is 5.12. The Bertz CT molecular complexity index is 1070. The van der Waals surface area contributed by atoms with Gasteiger partial charge in [-0.05, 0) is 49.6 Å². The SMILES string of the molecule is O=C(CN1C(=O)[C@H](C(=O)N2CCCCC2)Sc2ccccc21)Nc1cccc(C(F)(F)F)c1. The van der Waals surface area contributed by atoms with Crippen LogP contribution < -0.4 is 10.2 Å². The van der Waals surface area contributed by atoms with Gasteiger partial charge in [-0.15, -0.1) is 11.8 Å². The first-order valence-electron chi connectivity index (χ1n) is 10.6. The van der Waals surface area contributed by atoms with Crippen LogP contribution in [0.5, 0.6) is 0 Å². The van der Waals surface area contributed by atoms with Gasteiger partial charge in [0.05, 0.1) is 11.3 Å². The Morgan fingerprint density at radius 1 is 1.03 bits per heavy atom. The number of nitrogens with one attached hydrogen (secondary N) is 1. The summed E-state index contributed by atoms with van der Waals surface area (Å²) < 4.78 is 38.9. The van der Waals surface area contributed by atoms with Crippen molar-refractivity contribution in [3.05, 3.63) is 54.1 Å². The van der Waals surface area contributed by atoms with Gasteiger partial charge >= 0.3 is 6.18 Å². The molecule has 0 bridgehead atoms. The lowest BCUT2D eigenvalue weighted by Gasteiger charge is -2.36. The van der Waals surface area contributed by atoms with Gasteiger partial charge in [0.1, 0.15) is 6.54 Å². The van der Waals surface area contributed by atoms with Crippen LogP contribution in [0, 0.1) is 0 Å². The van der Waals surface area contributed by atoms with E-state index in [2.05, 4.69) is 5.32 Å². The second kappa shape index (κ2) is 9.46. The minimum Gasteiger partial charge on any atom is -0.341 e. The average Bonchev–Trinajstić information content (AvgIpc) is 2.80. The fraction of sp³-hybridized carbons (Fsp3) is 0.348. The lowest BCUT2D eigenvalue weighted by atomic mass is 10.1. The molecule has 0 unspecified atom stereocenters. The third-order valence-corrected chi connectivity index (χ3v) is 6.80. The topological polar surface area (TPSA) is 69.7 Å². The van der Waals surface area contributed by atoms with Crippen molar-refractivity contribution in [3.63, 3.8) is 0 Å². The third kappa shape index (κ3) is 5.16. The zero-order chi connectivity index (χ0) is 23.6. The number of para-hydroxylation sites is 1. The van der Waals surface area contributed by atoms with Crippen molar-refractivity contribution < 1.29 is 27.6 Å². The Hall–Kier alpha value is -3.01. The van der Waals surface area contributed by atoms with Gasteiger partial charge in [0.25, 0.3) is 5.91 Å². The molecule has 3 amide bonds. The molecular weight excluding hydrogens is 455 g/mol. The number of alkyl halides is 3. The molecule has 2 heterocycles. The highest BCUT2D eigenvalue weighted by atomic mass is 32.2. The van der Waals surface area contributed by atoms with E-state index in [1.165, 1.54) is 28.8 Å². The molecule has 0 spiro atoms. The molecule has 33 heavy (non-hydrogen) atoms. The number of likely N-dealkylation sites (tertiary alicyclic amines) is 1. The normalized spacial score (nSPS) is 18.6. The number of thioether (sulfide) groups is 1. The van der Waals surface area contributed by atoms with Crippen LogP contribution in [0.15, 0.2) is 53.4 Å². The first-order valence-corrected chi connectivity index (χ1v) is 11.4. The first-order chi connectivity index (χ1) is 15.7. The van der Waals surface area contributed by atoms with Crippen LogP contribution in [-0.2, 0) is 20.6 Å². The molecule has 1 N–H and O–H groups in total. The van der Waals surface area contributed by atoms with Gasteiger partial charge < -0.3 is 15.1 Å². The molecule has 2 aromatic rings. The highest BCUT2D eigenvalue weighted by Gasteiger charge is 2.41. The zero-order valence-corrected chi connectivity index (χ0v) is 18.4. The minimum atomic E-state index is -4.54. The minimum absolute atomic E-state index is 0.0251. The van der Waals surface area contributed by atoms with Crippen molar-refractivity contribution in [2.75, 3.05) is 29.9 Å². The number of nitrogens with zero attached hydrogens (tertiary/aromatic N) is 2. The van der Waals surface area contributed by atoms with Gasteiger partial charge in [-0.3, -0.25) is 14.4 Å². The highest BCUT2D eigenvalue weighted by Crippen LogP contribution is 2.40. The number of halogens is 3. The number of fused-ring (bicyclic) bond motifs is 1. The van der Waals surface area contributed by atoms with Gasteiger partial charge in [-0.1, -0.05) is 18.2 Å². The molecule has 174 valence electrons. The standard InChI is InChI=1S/C23H22F3N3O3S/c24-23(25,26)15-7-6-8-16(13-15)27-19(30)14-29-17-9-2-3-10-18(17)33-20(22(29)32)21(31)28-11-4-1-5-12-28/h2-3,6-10,13,20H,1,4-5,11-12,14H2,(H,27,30)/t20-/m0/s1. The van der Waals surface area contributed by atoms with Crippen molar-refractivity contribution in [2.45, 2.75) is 35.6 Å². The van der Waals surface area contributed by atoms with E-state index in [1.54, 1.807) is 29.2 Å². The Morgan fingerprint density at radius 2 is 1.76 bits per heavy atom. The summed E-state index contributed by atoms with van der Waals surface area (Å²) >= 11 is 1.17. The summed E-state index contributed by atoms with van der Waals surface area (Å²) in [5.41, 5.74) is -0.416. The number of hydrogen-bond acceptors (Lipinski definition) is 4. The summed E-state index contributed by atoms with van der Waals surface area (Å²) in [4.78, 5) is 42.7. The number of carbonyl (C=O) groups is 3. The van der Waals surface area contributed by atoms with Crippen molar-refractivity contribution in [2.24, 2.45) is 0 Å². The molecule has 1 atom stereocenters. The Morgan fingerprint density at radius 3 is 2.48 bits per heavy atom. The molecular formula is C23H22F3N3O3S. The van der Waals surface area contributed by atoms with Crippen LogP contribution in [0.1, 0.15) is 24.8 Å². The van der Waals surface area contributed by atoms with E-state index < -0.39 is 35.3 Å². The molecule has 0 aromatic heterocycles. The molecule has 6 nitrogen and oxygen atoms in total. The Kier molecular flexibility index (Phi) is 6.64. The van der Waals surface area contributed by atoms with Crippen LogP contribution in [0.3, 0.4) is 0 Å². The molecule has 10 heteroatoms. The predicted molar refractivity (Wildman–Crippen MR) is 119 cm³/mol. The maximum atomic E-state index is 13.3. The summed E-state index contributed by atoms with van der Waals surface area (Å²) in [6.07, 6.45) is -1.73. The zero-order valence-electron chi connectivity index (χ0n) is 17.6. The van der Waals surface area contributed by atoms with E-state index in [4.69, 9.17) is 0 Å². The molecule has 1 saturated heterocycles. The quantitative estimate of drug-likeness (QED) is 0.672. The van der Waals surface area contributed by atoms with E-state index in [0.717, 1.165) is 31.4 Å². The first kappa shape index (κ1) is 23.2. The molecule has 0 saturated carbocycles. The highest BCUT2D eigenvalue weighted by molar-refractivity contribution is 8.01. The van der Waals surface area contributed by atoms with Crippen LogP contribution in [0.25, 0.3) is 0 Å². The average molecular weight is 478 g/mol. The Labute approximate surface area is 193 Å². The Balaban J connectivity index is 1.53. The van der Waals surface area contributed by atoms with Crippen molar-refractivity contribution in [1.82, 2.24) is 4.90 Å². The second-order valence-corrected chi connectivity index (χ2v) is 9.05. The van der Waals surface area contributed by atoms with E-state index in [1.807, 2.05) is 0 Å². The maximum Gasteiger partial charge on any atom is 0.416 e. The summed E-state index contributed by atoms with van der Waals surface area (Å²) in [6.45, 7) is 0.776. The van der Waals surface area contributed by atoms with Crippen LogP contribution in [0.4, 0.5) is 24.5 Å². The van der Waals surface area contributed by atoms with Gasteiger partial charge in [0.2, 0.25) is 11.8 Å². The maximum absolute atomic E-state index is 13.3. The summed E-state index contributed by atoms with van der Waals surface area (Å²) in [5.74, 6) is -1.44. The number of rotatable bonds is 4. The predicted octanol–water partition coefficient (Wildman–Crippen LogP) is 4.16. The lowest BCUT2D eigenvalue weighted by molar-refractivity contribution is -0.138. The third-order valence-electron chi connectivity index (χ3n) is 5.56. The summed E-state index contributed by atoms with van der Waals surface area (Å²) in [6, 6.07) is 11.3. The molecule has 2 aliphatic rings. The van der Waals surface area contributed by atoms with Crippen molar-refractivity contribution >= 4 is 40.9 Å². The molecule has 2 aromatic carbocycles. The largest absolute Gasteiger partial charge is 0.416 e. The molecule has 1 fully saturated rings. The molecule has 4 rings (SSSR count). The smallest absolute Gasteiger partial charge is 0.341 e. The summed E-state index contributed by atoms with van der Waals surface area (Å²) in [5, 5.41) is 1.42. The van der Waals surface area contributed by atoms with E-state index in [9.17, 15) is 27.6 Å². The van der Waals surface area contributed by atoms with Gasteiger partial charge in [0.15, 0.2) is 5.25 Å². The fourth-order valence-electron chi connectivity index (χ4n) is 3.93. The number of piperidine rings is 1. The number of carbonyl (C=O) groups excluding carboxylic acids is 3. The second-order valence-electron chi connectivity index (χ2n) is 7.90. The lowest BCUT2D eigenvalue weighted by Crippen LogP contribution is -2.52. The summed E-state index contributed by atoms with van der Waals surface area (Å²) in [7, 11) is 0. The van der Waals surface area contributed by atoms with E-state index in [0.29, 0.717) is 23.7 Å². The number of anilines is 2. The van der Waals surface area contributed by atoms with Crippen molar-refractivity contribution in [3.8, 4) is 0 Å². The van der Waals surface area contributed by atoms with Crippen molar-refractivity contribution in [1.29, 1.82) is 0 Å². The van der Waals surface area contributed by atoms with Crippen LogP contribution in [0.2, 0.25) is 0 Å². The number of hydrogen-bond donors (Lipinski definition) is 1. The van der Waals surface area contributed by atoms with Crippen LogP contribution >= 0.6 is 11.8 Å². The monoisotopic (exact) mass is 477 g/mol. The molecule has 0 aliphatic carbocycles. The van der Waals surface area contributed by atoms with E-state index >= 15 is 0 Å². The molecule has 2 aliphatic heterocycles. The van der Waals surface area contributed by atoms with Crippen LogP contribution in [-0.4, -0.2) is 47.5 Å². The molecule has 0 radical (unpaired) electrons. The van der Waals surface area contributed by atoms with Gasteiger partial charge in [0, 0.05) is 23.7 Å². The van der Waals surface area contributed by atoms with Gasteiger partial charge in [-0.2, -0.15) is 13.2 Å². The number of amides is 3. The van der Waals surface area contributed by atoms with E-state index in [-0.39, 0.29) is 11.6 Å². The van der Waals surface area contributed by atoms with Gasteiger partial charge in [-0.25, -0.2) is 0 Å².